The third-order valence-corrected chi connectivity index (χ3v) is 3.90. The van der Waals surface area contributed by atoms with E-state index in [4.69, 9.17) is 27.3 Å². The van der Waals surface area contributed by atoms with Crippen LogP contribution in [0.15, 0.2) is 18.2 Å². The van der Waals surface area contributed by atoms with Crippen LogP contribution in [0.5, 0.6) is 5.75 Å². The van der Waals surface area contributed by atoms with Crippen molar-refractivity contribution in [2.45, 2.75) is 38.6 Å². The molecule has 0 spiro atoms. The van der Waals surface area contributed by atoms with E-state index in [1.165, 1.54) is 0 Å². The quantitative estimate of drug-likeness (QED) is 0.868. The molecule has 0 bridgehead atoms. The Bertz CT molecular complexity index is 489. The van der Waals surface area contributed by atoms with E-state index in [0.29, 0.717) is 24.5 Å². The Balaban J connectivity index is 2.08. The molecule has 1 atom stereocenters. The van der Waals surface area contributed by atoms with Crippen LogP contribution < -0.4 is 10.5 Å². The topological polar surface area (TPSA) is 59.0 Å². The van der Waals surface area contributed by atoms with Gasteiger partial charge in [0.1, 0.15) is 5.75 Å². The molecule has 0 amide bonds. The highest BCUT2D eigenvalue weighted by Crippen LogP contribution is 2.49. The maximum absolute atomic E-state index is 8.81. The molecule has 1 saturated carbocycles. The summed E-state index contributed by atoms with van der Waals surface area (Å²) in [5.74, 6) is 0.800. The van der Waals surface area contributed by atoms with Crippen LogP contribution in [0.4, 0.5) is 0 Å². The molecule has 3 nitrogen and oxygen atoms in total. The van der Waals surface area contributed by atoms with Gasteiger partial charge in [-0.05, 0) is 38.3 Å². The van der Waals surface area contributed by atoms with Crippen LogP contribution in [0.1, 0.15) is 31.7 Å². The van der Waals surface area contributed by atoms with Crippen LogP contribution in [0.25, 0.3) is 0 Å². The molecule has 0 radical (unpaired) electrons. The van der Waals surface area contributed by atoms with Crippen LogP contribution in [0.3, 0.4) is 0 Å². The molecule has 0 aliphatic heterocycles. The number of rotatable bonds is 6. The van der Waals surface area contributed by atoms with Gasteiger partial charge in [-0.15, -0.1) is 0 Å². The smallest absolute Gasteiger partial charge is 0.124 e. The number of ether oxygens (including phenoxy) is 1. The number of hydrogen-bond donors (Lipinski definition) is 1. The van der Waals surface area contributed by atoms with Crippen molar-refractivity contribution < 1.29 is 4.74 Å². The number of halogens is 1. The second-order valence-corrected chi connectivity index (χ2v) is 5.93. The fourth-order valence-electron chi connectivity index (χ4n) is 2.14. The van der Waals surface area contributed by atoms with Crippen LogP contribution in [-0.2, 0) is 6.42 Å². The molecule has 102 valence electrons. The van der Waals surface area contributed by atoms with Gasteiger partial charge in [0.25, 0.3) is 0 Å². The fourth-order valence-corrected chi connectivity index (χ4v) is 2.38. The standard InChI is InChI=1S/C15H19ClN2O/c1-11(18)9-12-13(16)3-2-4-14(12)19-10-15(5-6-15)7-8-17/h2-4,11H,5-7,9-10,18H2,1H3. The molecule has 1 aromatic carbocycles. The summed E-state index contributed by atoms with van der Waals surface area (Å²) in [7, 11) is 0. The van der Waals surface area contributed by atoms with E-state index in [2.05, 4.69) is 6.07 Å². The number of benzene rings is 1. The van der Waals surface area contributed by atoms with E-state index >= 15 is 0 Å². The van der Waals surface area contributed by atoms with E-state index < -0.39 is 0 Å². The van der Waals surface area contributed by atoms with Gasteiger partial charge in [-0.2, -0.15) is 5.26 Å². The number of nitriles is 1. The van der Waals surface area contributed by atoms with E-state index in [9.17, 15) is 0 Å². The lowest BCUT2D eigenvalue weighted by Gasteiger charge is -2.17. The van der Waals surface area contributed by atoms with Gasteiger partial charge < -0.3 is 10.5 Å². The van der Waals surface area contributed by atoms with Crippen molar-refractivity contribution >= 4 is 11.6 Å². The van der Waals surface area contributed by atoms with Crippen molar-refractivity contribution in [3.63, 3.8) is 0 Å². The SMILES string of the molecule is CC(N)Cc1c(Cl)cccc1OCC1(CC#N)CC1. The summed E-state index contributed by atoms with van der Waals surface area (Å²) in [6.07, 6.45) is 3.41. The Morgan fingerprint density at radius 3 is 2.84 bits per heavy atom. The zero-order valence-corrected chi connectivity index (χ0v) is 11.9. The molecule has 1 unspecified atom stereocenters. The third kappa shape index (κ3) is 3.62. The zero-order chi connectivity index (χ0) is 13.9. The molecule has 0 heterocycles. The van der Waals surface area contributed by atoms with Crippen molar-refractivity contribution in [1.29, 1.82) is 5.26 Å². The molecule has 2 N–H and O–H groups in total. The summed E-state index contributed by atoms with van der Waals surface area (Å²) in [6, 6.07) is 7.94. The molecule has 0 aromatic heterocycles. The van der Waals surface area contributed by atoms with Crippen LogP contribution in [0, 0.1) is 16.7 Å². The molecule has 1 fully saturated rings. The van der Waals surface area contributed by atoms with Gasteiger partial charge in [0, 0.05) is 28.5 Å². The van der Waals surface area contributed by atoms with Crippen molar-refractivity contribution in [1.82, 2.24) is 0 Å². The fraction of sp³-hybridized carbons (Fsp3) is 0.533. The normalized spacial score (nSPS) is 17.6. The lowest BCUT2D eigenvalue weighted by Crippen LogP contribution is -2.19. The van der Waals surface area contributed by atoms with E-state index in [-0.39, 0.29) is 11.5 Å². The summed E-state index contributed by atoms with van der Waals surface area (Å²) in [5, 5.41) is 9.51. The van der Waals surface area contributed by atoms with Crippen LogP contribution >= 0.6 is 11.6 Å². The van der Waals surface area contributed by atoms with Gasteiger partial charge in [-0.25, -0.2) is 0 Å². The van der Waals surface area contributed by atoms with Crippen molar-refractivity contribution in [2.75, 3.05) is 6.61 Å². The molecule has 1 aromatic rings. The lowest BCUT2D eigenvalue weighted by atomic mass is 10.0. The monoisotopic (exact) mass is 278 g/mol. The van der Waals surface area contributed by atoms with Crippen molar-refractivity contribution in [3.05, 3.63) is 28.8 Å². The minimum Gasteiger partial charge on any atom is -0.493 e. The second kappa shape index (κ2) is 5.81. The Morgan fingerprint density at radius 1 is 1.53 bits per heavy atom. The molecule has 0 saturated heterocycles. The van der Waals surface area contributed by atoms with Gasteiger partial charge in [0.2, 0.25) is 0 Å². The first-order valence-corrected chi connectivity index (χ1v) is 6.97. The van der Waals surface area contributed by atoms with Crippen LogP contribution in [-0.4, -0.2) is 12.6 Å². The summed E-state index contributed by atoms with van der Waals surface area (Å²) in [5.41, 5.74) is 6.88. The summed E-state index contributed by atoms with van der Waals surface area (Å²) >= 11 is 6.21. The minimum atomic E-state index is 0.0382. The summed E-state index contributed by atoms with van der Waals surface area (Å²) < 4.78 is 5.91. The van der Waals surface area contributed by atoms with Gasteiger partial charge in [-0.1, -0.05) is 17.7 Å². The third-order valence-electron chi connectivity index (χ3n) is 3.55. The molecular formula is C15H19ClN2O. The van der Waals surface area contributed by atoms with Gasteiger partial charge in [0.05, 0.1) is 12.7 Å². The average Bonchev–Trinajstić information content (AvgIpc) is 3.10. The summed E-state index contributed by atoms with van der Waals surface area (Å²) in [6.45, 7) is 2.54. The first-order valence-electron chi connectivity index (χ1n) is 6.59. The Hall–Kier alpha value is -1.24. The first kappa shape index (κ1) is 14.2. The molecule has 4 heteroatoms. The first-order chi connectivity index (χ1) is 9.06. The van der Waals surface area contributed by atoms with Crippen LogP contribution in [0.2, 0.25) is 5.02 Å². The number of nitrogens with zero attached hydrogens (tertiary/aromatic N) is 1. The van der Waals surface area contributed by atoms with E-state index in [0.717, 1.165) is 24.2 Å². The van der Waals surface area contributed by atoms with E-state index in [1.54, 1.807) is 0 Å². The highest BCUT2D eigenvalue weighted by molar-refractivity contribution is 6.31. The Labute approximate surface area is 119 Å². The predicted octanol–water partition coefficient (Wildman–Crippen LogP) is 3.30. The molecule has 19 heavy (non-hydrogen) atoms. The van der Waals surface area contributed by atoms with Gasteiger partial charge >= 0.3 is 0 Å². The highest BCUT2D eigenvalue weighted by atomic mass is 35.5. The molecule has 1 aliphatic carbocycles. The van der Waals surface area contributed by atoms with Crippen molar-refractivity contribution in [2.24, 2.45) is 11.1 Å². The zero-order valence-electron chi connectivity index (χ0n) is 11.2. The van der Waals surface area contributed by atoms with Gasteiger partial charge in [-0.3, -0.25) is 0 Å². The Kier molecular flexibility index (Phi) is 4.34. The maximum atomic E-state index is 8.81. The highest BCUT2D eigenvalue weighted by Gasteiger charge is 2.43. The predicted molar refractivity (Wildman–Crippen MR) is 76.2 cm³/mol. The Morgan fingerprint density at radius 2 is 2.26 bits per heavy atom. The summed E-state index contributed by atoms with van der Waals surface area (Å²) in [4.78, 5) is 0. The lowest BCUT2D eigenvalue weighted by molar-refractivity contribution is 0.234. The largest absolute Gasteiger partial charge is 0.493 e. The molecule has 2 rings (SSSR count). The van der Waals surface area contributed by atoms with Gasteiger partial charge in [0.15, 0.2) is 0 Å². The molecular weight excluding hydrogens is 260 g/mol. The van der Waals surface area contributed by atoms with E-state index in [1.807, 2.05) is 25.1 Å². The number of hydrogen-bond acceptors (Lipinski definition) is 3. The number of nitrogens with two attached hydrogens (primary N) is 1. The second-order valence-electron chi connectivity index (χ2n) is 5.52. The minimum absolute atomic E-state index is 0.0382. The van der Waals surface area contributed by atoms with Crippen molar-refractivity contribution in [3.8, 4) is 11.8 Å². The average molecular weight is 279 g/mol. The maximum Gasteiger partial charge on any atom is 0.124 e. The molecule has 1 aliphatic rings.